The van der Waals surface area contributed by atoms with E-state index < -0.39 is 0 Å². The minimum Gasteiger partial charge on any atom is -0.338 e. The number of aromatic nitrogens is 3. The van der Waals surface area contributed by atoms with Crippen LogP contribution in [0.25, 0.3) is 10.2 Å². The molecule has 186 valence electrons. The molecule has 0 radical (unpaired) electrons. The zero-order valence-electron chi connectivity index (χ0n) is 20.7. The smallest absolute Gasteiger partial charge is 0.264 e. The molecule has 0 aliphatic carbocycles. The van der Waals surface area contributed by atoms with E-state index in [2.05, 4.69) is 9.69 Å². The Morgan fingerprint density at radius 1 is 1.11 bits per heavy atom. The summed E-state index contributed by atoms with van der Waals surface area (Å²) in [6.45, 7) is 7.58. The van der Waals surface area contributed by atoms with Crippen LogP contribution >= 0.6 is 11.5 Å². The third kappa shape index (κ3) is 5.24. The molecular weight excluding hydrogens is 470 g/mol. The predicted molar refractivity (Wildman–Crippen MR) is 144 cm³/mol. The van der Waals surface area contributed by atoms with Gasteiger partial charge in [0, 0.05) is 44.1 Å². The van der Waals surface area contributed by atoms with E-state index in [1.165, 1.54) is 11.5 Å². The fourth-order valence-electron chi connectivity index (χ4n) is 4.60. The molecule has 4 aromatic rings. The Balaban J connectivity index is 1.38. The highest BCUT2D eigenvalue weighted by atomic mass is 32.1. The maximum absolute atomic E-state index is 13.5. The number of carbonyl (C=O) groups excluding carboxylic acids is 1. The van der Waals surface area contributed by atoms with E-state index in [0.29, 0.717) is 41.2 Å². The predicted octanol–water partition coefficient (Wildman–Crippen LogP) is 3.81. The highest BCUT2D eigenvalue weighted by molar-refractivity contribution is 7.12. The van der Waals surface area contributed by atoms with Gasteiger partial charge < -0.3 is 10.2 Å². The van der Waals surface area contributed by atoms with Gasteiger partial charge in [-0.05, 0) is 49.5 Å². The Morgan fingerprint density at radius 3 is 2.56 bits per heavy atom. The second kappa shape index (κ2) is 10.7. The highest BCUT2D eigenvalue weighted by Gasteiger charge is 2.24. The molecule has 1 N–H and O–H groups in total. The van der Waals surface area contributed by atoms with Gasteiger partial charge >= 0.3 is 0 Å². The molecule has 0 bridgehead atoms. The molecule has 0 saturated carbocycles. The van der Waals surface area contributed by atoms with Crippen LogP contribution in [-0.2, 0) is 13.0 Å². The molecule has 5 rings (SSSR count). The second-order valence-electron chi connectivity index (χ2n) is 9.60. The van der Waals surface area contributed by atoms with E-state index in [4.69, 9.17) is 4.98 Å². The number of nitrogens with one attached hydrogen (secondary N) is 1. The Hall–Kier alpha value is -3.36. The summed E-state index contributed by atoms with van der Waals surface area (Å²) in [5, 5.41) is 3.90. The molecule has 36 heavy (non-hydrogen) atoms. The first-order valence-electron chi connectivity index (χ1n) is 12.5. The Labute approximate surface area is 215 Å². The van der Waals surface area contributed by atoms with Crippen LogP contribution in [-0.4, -0.2) is 50.9 Å². The Bertz CT molecular complexity index is 1410. The van der Waals surface area contributed by atoms with Gasteiger partial charge in [0.1, 0.15) is 5.82 Å². The van der Waals surface area contributed by atoms with Crippen LogP contribution in [0.4, 0.5) is 0 Å². The largest absolute Gasteiger partial charge is 0.338 e. The number of benzene rings is 2. The van der Waals surface area contributed by atoms with Crippen molar-refractivity contribution in [1.29, 1.82) is 0 Å². The first kappa shape index (κ1) is 24.3. The lowest BCUT2D eigenvalue weighted by Gasteiger charge is -2.33. The molecule has 1 amide bonds. The van der Waals surface area contributed by atoms with Crippen LogP contribution in [0.15, 0.2) is 59.4 Å². The van der Waals surface area contributed by atoms with Crippen molar-refractivity contribution in [2.75, 3.05) is 26.2 Å². The van der Waals surface area contributed by atoms with Crippen molar-refractivity contribution >= 4 is 27.7 Å². The maximum Gasteiger partial charge on any atom is 0.264 e. The summed E-state index contributed by atoms with van der Waals surface area (Å²) in [5.74, 6) is 1.28. The van der Waals surface area contributed by atoms with E-state index in [9.17, 15) is 9.59 Å². The van der Waals surface area contributed by atoms with E-state index in [0.717, 1.165) is 48.7 Å². The van der Waals surface area contributed by atoms with Crippen molar-refractivity contribution in [1.82, 2.24) is 24.1 Å². The van der Waals surface area contributed by atoms with Crippen LogP contribution in [0, 0.1) is 19.8 Å². The van der Waals surface area contributed by atoms with Crippen LogP contribution < -0.4 is 10.9 Å². The molecule has 0 unspecified atom stereocenters. The van der Waals surface area contributed by atoms with E-state index in [1.54, 1.807) is 4.57 Å². The molecule has 1 fully saturated rings. The zero-order valence-corrected chi connectivity index (χ0v) is 21.6. The monoisotopic (exact) mass is 501 g/mol. The topological polar surface area (TPSA) is 80.1 Å². The normalized spacial score (nSPS) is 13.6. The number of rotatable bonds is 9. The Morgan fingerprint density at radius 2 is 1.86 bits per heavy atom. The minimum absolute atomic E-state index is 0.0433. The van der Waals surface area contributed by atoms with Gasteiger partial charge in [-0.1, -0.05) is 48.0 Å². The molecular formula is C28H31N5O2S. The lowest BCUT2D eigenvalue weighted by Crippen LogP contribution is -2.49. The SMILES string of the molecule is Cc1ccc(C(=O)N(CCCc2nc3snc(C)c3c(=O)n2Cc2ccccc2)CC2CNC2)cc1. The number of nitrogens with zero attached hydrogens (tertiary/aromatic N) is 4. The van der Waals surface area contributed by atoms with Gasteiger partial charge in [-0.2, -0.15) is 4.37 Å². The van der Waals surface area contributed by atoms with Crippen molar-refractivity contribution in [3.63, 3.8) is 0 Å². The Kier molecular flexibility index (Phi) is 7.25. The quantitative estimate of drug-likeness (QED) is 0.377. The molecule has 1 aliphatic heterocycles. The number of aryl methyl sites for hydroxylation is 3. The average molecular weight is 502 g/mol. The summed E-state index contributed by atoms with van der Waals surface area (Å²) >= 11 is 1.27. The third-order valence-corrected chi connectivity index (χ3v) is 7.62. The average Bonchev–Trinajstić information content (AvgIpc) is 3.23. The number of amides is 1. The van der Waals surface area contributed by atoms with Gasteiger partial charge in [-0.15, -0.1) is 0 Å². The van der Waals surface area contributed by atoms with Crippen LogP contribution in [0.1, 0.15) is 39.4 Å². The van der Waals surface area contributed by atoms with E-state index in [1.807, 2.05) is 73.3 Å². The summed E-state index contributed by atoms with van der Waals surface area (Å²) in [6, 6.07) is 17.7. The van der Waals surface area contributed by atoms with Crippen molar-refractivity contribution in [2.45, 2.75) is 33.2 Å². The van der Waals surface area contributed by atoms with Gasteiger partial charge in [0.2, 0.25) is 0 Å². The molecule has 3 heterocycles. The van der Waals surface area contributed by atoms with Gasteiger partial charge in [-0.3, -0.25) is 14.2 Å². The zero-order chi connectivity index (χ0) is 25.1. The lowest BCUT2D eigenvalue weighted by molar-refractivity contribution is 0.0705. The lowest BCUT2D eigenvalue weighted by atomic mass is 10.0. The molecule has 0 spiro atoms. The number of hydrogen-bond acceptors (Lipinski definition) is 6. The summed E-state index contributed by atoms with van der Waals surface area (Å²) in [5.41, 5.74) is 3.59. The first-order valence-corrected chi connectivity index (χ1v) is 13.2. The minimum atomic E-state index is -0.0433. The summed E-state index contributed by atoms with van der Waals surface area (Å²) < 4.78 is 6.15. The molecule has 2 aromatic carbocycles. The van der Waals surface area contributed by atoms with Crippen molar-refractivity contribution in [2.24, 2.45) is 5.92 Å². The van der Waals surface area contributed by atoms with Gasteiger partial charge in [0.25, 0.3) is 11.5 Å². The van der Waals surface area contributed by atoms with Crippen molar-refractivity contribution in [3.8, 4) is 0 Å². The van der Waals surface area contributed by atoms with Gasteiger partial charge in [0.05, 0.1) is 17.6 Å². The molecule has 0 atom stereocenters. The van der Waals surface area contributed by atoms with Gasteiger partial charge in [-0.25, -0.2) is 4.98 Å². The number of hydrogen-bond donors (Lipinski definition) is 1. The number of fused-ring (bicyclic) bond motifs is 1. The summed E-state index contributed by atoms with van der Waals surface area (Å²) in [6.07, 6.45) is 1.33. The van der Waals surface area contributed by atoms with Crippen LogP contribution in [0.2, 0.25) is 0 Å². The highest BCUT2D eigenvalue weighted by Crippen LogP contribution is 2.19. The summed E-state index contributed by atoms with van der Waals surface area (Å²) in [4.78, 5) is 34.3. The second-order valence-corrected chi connectivity index (χ2v) is 10.3. The van der Waals surface area contributed by atoms with Crippen molar-refractivity contribution < 1.29 is 4.79 Å². The summed E-state index contributed by atoms with van der Waals surface area (Å²) in [7, 11) is 0. The molecule has 8 heteroatoms. The number of carbonyl (C=O) groups is 1. The van der Waals surface area contributed by atoms with Crippen LogP contribution in [0.3, 0.4) is 0 Å². The first-order chi connectivity index (χ1) is 17.5. The maximum atomic E-state index is 13.5. The molecule has 1 saturated heterocycles. The molecule has 1 aliphatic rings. The van der Waals surface area contributed by atoms with Gasteiger partial charge in [0.15, 0.2) is 4.83 Å². The van der Waals surface area contributed by atoms with Crippen molar-refractivity contribution in [3.05, 3.63) is 93.2 Å². The molecule has 2 aromatic heterocycles. The third-order valence-electron chi connectivity index (χ3n) is 6.79. The fraction of sp³-hybridized carbons (Fsp3) is 0.357. The standard InChI is InChI=1S/C28H31N5O2S/c1-19-10-12-23(13-11-19)27(34)32(17-22-15-29-16-22)14-6-9-24-30-26-25(20(2)31-36-26)28(35)33(24)18-21-7-4-3-5-8-21/h3-5,7-8,10-13,22,29H,6,9,14-18H2,1-2H3. The van der Waals surface area contributed by atoms with E-state index in [-0.39, 0.29) is 11.5 Å². The molecule has 7 nitrogen and oxygen atoms in total. The fourth-order valence-corrected chi connectivity index (χ4v) is 5.39. The van der Waals surface area contributed by atoms with E-state index >= 15 is 0 Å². The van der Waals surface area contributed by atoms with Crippen LogP contribution in [0.5, 0.6) is 0 Å².